The zero-order chi connectivity index (χ0) is 14.8. The van der Waals surface area contributed by atoms with Gasteiger partial charge in [-0.1, -0.05) is 24.4 Å². The van der Waals surface area contributed by atoms with Gasteiger partial charge in [-0.2, -0.15) is 11.8 Å². The number of aromatic nitrogens is 1. The predicted molar refractivity (Wildman–Crippen MR) is 82.0 cm³/mol. The highest BCUT2D eigenvalue weighted by Crippen LogP contribution is 2.28. The lowest BCUT2D eigenvalue weighted by Gasteiger charge is -2.30. The fourth-order valence-corrected chi connectivity index (χ4v) is 4.94. The molecular weight excluding hydrogens is 320 g/mol. The summed E-state index contributed by atoms with van der Waals surface area (Å²) in [6, 6.07) is 1.11. The topological polar surface area (TPSA) is 79.0 Å². The number of halogens is 1. The van der Waals surface area contributed by atoms with Crippen molar-refractivity contribution >= 4 is 33.4 Å². The molecular formula is C12H17ClN2O3S2. The van der Waals surface area contributed by atoms with E-state index in [0.717, 1.165) is 25.7 Å². The minimum atomic E-state index is -3.66. The summed E-state index contributed by atoms with van der Waals surface area (Å²) in [6.07, 6.45) is 7.18. The first-order chi connectivity index (χ1) is 9.44. The van der Waals surface area contributed by atoms with Crippen LogP contribution in [0.2, 0.25) is 5.02 Å². The van der Waals surface area contributed by atoms with Crippen LogP contribution in [0.4, 0.5) is 0 Å². The highest BCUT2D eigenvalue weighted by molar-refractivity contribution is 7.99. The van der Waals surface area contributed by atoms with Crippen molar-refractivity contribution in [3.8, 4) is 0 Å². The molecule has 2 N–H and O–H groups in total. The van der Waals surface area contributed by atoms with Crippen LogP contribution in [0.25, 0.3) is 0 Å². The molecule has 112 valence electrons. The molecule has 1 fully saturated rings. The molecule has 0 amide bonds. The summed E-state index contributed by atoms with van der Waals surface area (Å²) in [4.78, 5) is 13.5. The maximum atomic E-state index is 12.3. The van der Waals surface area contributed by atoms with E-state index >= 15 is 0 Å². The SMILES string of the molecule is CSC1CCCCC1NS(=O)(=O)c1c[nH]c(=O)c(Cl)c1. The average Bonchev–Trinajstić information content (AvgIpc) is 2.42. The van der Waals surface area contributed by atoms with Gasteiger partial charge in [0, 0.05) is 17.5 Å². The molecule has 2 unspecified atom stereocenters. The van der Waals surface area contributed by atoms with Crippen LogP contribution in [0.3, 0.4) is 0 Å². The van der Waals surface area contributed by atoms with Gasteiger partial charge in [0.2, 0.25) is 10.0 Å². The standard InChI is InChI=1S/C12H17ClN2O3S2/c1-19-11-5-3-2-4-10(11)15-20(17,18)8-6-9(13)12(16)14-7-8/h6-7,10-11,15H,2-5H2,1H3,(H,14,16). The molecule has 1 aliphatic carbocycles. The Labute approximate surface area is 127 Å². The summed E-state index contributed by atoms with van der Waals surface area (Å²) >= 11 is 7.36. The van der Waals surface area contributed by atoms with E-state index in [-0.39, 0.29) is 21.2 Å². The summed E-state index contributed by atoms with van der Waals surface area (Å²) < 4.78 is 27.4. The molecule has 2 atom stereocenters. The molecule has 0 spiro atoms. The van der Waals surface area contributed by atoms with Gasteiger partial charge in [-0.05, 0) is 25.2 Å². The van der Waals surface area contributed by atoms with Gasteiger partial charge in [0.15, 0.2) is 0 Å². The highest BCUT2D eigenvalue weighted by atomic mass is 35.5. The van der Waals surface area contributed by atoms with Gasteiger partial charge < -0.3 is 4.98 Å². The third kappa shape index (κ3) is 3.58. The number of sulfonamides is 1. The number of H-pyrrole nitrogens is 1. The lowest BCUT2D eigenvalue weighted by atomic mass is 9.96. The number of pyridine rings is 1. The van der Waals surface area contributed by atoms with Crippen molar-refractivity contribution in [3.63, 3.8) is 0 Å². The first kappa shape index (κ1) is 15.9. The van der Waals surface area contributed by atoms with Crippen LogP contribution in [-0.4, -0.2) is 30.9 Å². The van der Waals surface area contributed by atoms with Gasteiger partial charge in [0.05, 0.1) is 4.90 Å². The predicted octanol–water partition coefficient (Wildman–Crippen LogP) is 1.98. The summed E-state index contributed by atoms with van der Waals surface area (Å²) in [5, 5.41) is 0.162. The summed E-state index contributed by atoms with van der Waals surface area (Å²) in [5.74, 6) is 0. The van der Waals surface area contributed by atoms with Crippen LogP contribution in [0.15, 0.2) is 22.0 Å². The van der Waals surface area contributed by atoms with Crippen molar-refractivity contribution in [2.24, 2.45) is 0 Å². The van der Waals surface area contributed by atoms with E-state index in [9.17, 15) is 13.2 Å². The second-order valence-corrected chi connectivity index (χ2v) is 8.00. The first-order valence-electron chi connectivity index (χ1n) is 6.37. The molecule has 20 heavy (non-hydrogen) atoms. The van der Waals surface area contributed by atoms with Crippen LogP contribution in [0, 0.1) is 0 Å². The van der Waals surface area contributed by atoms with E-state index in [4.69, 9.17) is 11.6 Å². The Bertz CT molecular complexity index is 630. The molecule has 1 heterocycles. The van der Waals surface area contributed by atoms with Gasteiger partial charge in [0.1, 0.15) is 5.02 Å². The van der Waals surface area contributed by atoms with Crippen molar-refractivity contribution in [3.05, 3.63) is 27.6 Å². The smallest absolute Gasteiger partial charge is 0.266 e. The number of aromatic amines is 1. The first-order valence-corrected chi connectivity index (χ1v) is 9.52. The molecule has 8 heteroatoms. The third-order valence-corrected chi connectivity index (χ3v) is 6.37. The Morgan fingerprint density at radius 3 is 2.75 bits per heavy atom. The van der Waals surface area contributed by atoms with Gasteiger partial charge in [-0.25, -0.2) is 13.1 Å². The van der Waals surface area contributed by atoms with Crippen molar-refractivity contribution in [2.45, 2.75) is 41.9 Å². The molecule has 0 saturated heterocycles. The zero-order valence-electron chi connectivity index (χ0n) is 11.1. The van der Waals surface area contributed by atoms with E-state index < -0.39 is 15.6 Å². The summed E-state index contributed by atoms with van der Waals surface area (Å²) in [5.41, 5.74) is -0.495. The van der Waals surface area contributed by atoms with Crippen LogP contribution in [0.1, 0.15) is 25.7 Å². The van der Waals surface area contributed by atoms with E-state index in [1.165, 1.54) is 12.3 Å². The summed E-state index contributed by atoms with van der Waals surface area (Å²) in [7, 11) is -3.66. The van der Waals surface area contributed by atoms with Crippen molar-refractivity contribution in [2.75, 3.05) is 6.26 Å². The van der Waals surface area contributed by atoms with Gasteiger partial charge in [0.25, 0.3) is 5.56 Å². The maximum Gasteiger partial charge on any atom is 0.266 e. The van der Waals surface area contributed by atoms with Crippen LogP contribution >= 0.6 is 23.4 Å². The number of nitrogens with one attached hydrogen (secondary N) is 2. The van der Waals surface area contributed by atoms with Gasteiger partial charge >= 0.3 is 0 Å². The quantitative estimate of drug-likeness (QED) is 0.881. The molecule has 0 radical (unpaired) electrons. The van der Waals surface area contributed by atoms with Crippen molar-refractivity contribution in [1.29, 1.82) is 0 Å². The minimum Gasteiger partial charge on any atom is -0.326 e. The van der Waals surface area contributed by atoms with Crippen molar-refractivity contribution in [1.82, 2.24) is 9.71 Å². The Morgan fingerprint density at radius 1 is 1.40 bits per heavy atom. The van der Waals surface area contributed by atoms with Crippen LogP contribution in [0.5, 0.6) is 0 Å². The normalized spacial score (nSPS) is 23.7. The largest absolute Gasteiger partial charge is 0.326 e. The Morgan fingerprint density at radius 2 is 2.10 bits per heavy atom. The lowest BCUT2D eigenvalue weighted by molar-refractivity contribution is 0.423. The zero-order valence-corrected chi connectivity index (χ0v) is 13.4. The number of rotatable bonds is 4. The van der Waals surface area contributed by atoms with E-state index in [2.05, 4.69) is 9.71 Å². The van der Waals surface area contributed by atoms with Gasteiger partial charge in [-0.15, -0.1) is 0 Å². The number of hydrogen-bond donors (Lipinski definition) is 2. The molecule has 5 nitrogen and oxygen atoms in total. The van der Waals surface area contributed by atoms with E-state index in [0.29, 0.717) is 0 Å². The second-order valence-electron chi connectivity index (χ2n) is 4.80. The third-order valence-electron chi connectivity index (χ3n) is 3.45. The maximum absolute atomic E-state index is 12.3. The van der Waals surface area contributed by atoms with Crippen LogP contribution < -0.4 is 10.3 Å². The Balaban J connectivity index is 2.21. The fraction of sp³-hybridized carbons (Fsp3) is 0.583. The highest BCUT2D eigenvalue weighted by Gasteiger charge is 2.29. The van der Waals surface area contributed by atoms with E-state index in [1.54, 1.807) is 11.8 Å². The Kier molecular flexibility index (Phi) is 5.17. The minimum absolute atomic E-state index is 0.00692. The molecule has 0 bridgehead atoms. The monoisotopic (exact) mass is 336 g/mol. The molecule has 1 aromatic rings. The summed E-state index contributed by atoms with van der Waals surface area (Å²) in [6.45, 7) is 0. The molecule has 1 aromatic heterocycles. The fourth-order valence-electron chi connectivity index (χ4n) is 2.37. The van der Waals surface area contributed by atoms with Crippen LogP contribution in [-0.2, 0) is 10.0 Å². The average molecular weight is 337 g/mol. The lowest BCUT2D eigenvalue weighted by Crippen LogP contribution is -2.43. The van der Waals surface area contributed by atoms with Crippen molar-refractivity contribution < 1.29 is 8.42 Å². The number of hydrogen-bond acceptors (Lipinski definition) is 4. The second kappa shape index (κ2) is 6.51. The molecule has 1 saturated carbocycles. The van der Waals surface area contributed by atoms with Gasteiger partial charge in [-0.3, -0.25) is 4.79 Å². The molecule has 2 rings (SSSR count). The Hall–Kier alpha value is -0.500. The number of thioether (sulfide) groups is 1. The molecule has 1 aliphatic rings. The molecule has 0 aliphatic heterocycles. The molecule has 0 aromatic carbocycles. The van der Waals surface area contributed by atoms with E-state index in [1.807, 2.05) is 6.26 Å².